The van der Waals surface area contributed by atoms with Crippen molar-refractivity contribution in [1.82, 2.24) is 9.78 Å². The van der Waals surface area contributed by atoms with Crippen molar-refractivity contribution in [2.75, 3.05) is 5.32 Å². The molecule has 0 aromatic carbocycles. The van der Waals surface area contributed by atoms with E-state index in [-0.39, 0.29) is 0 Å². The highest BCUT2D eigenvalue weighted by Gasteiger charge is 2.02. The molecule has 1 N–H and O–H groups in total. The molecule has 0 saturated carbocycles. The van der Waals surface area contributed by atoms with Crippen molar-refractivity contribution in [3.8, 4) is 6.19 Å². The lowest BCUT2D eigenvalue weighted by Crippen LogP contribution is -1.90. The molecule has 4 heteroatoms. The van der Waals surface area contributed by atoms with Crippen molar-refractivity contribution in [1.29, 1.82) is 5.26 Å². The van der Waals surface area contributed by atoms with Crippen LogP contribution in [-0.4, -0.2) is 9.78 Å². The van der Waals surface area contributed by atoms with Crippen LogP contribution in [0.4, 0.5) is 5.69 Å². The second kappa shape index (κ2) is 3.06. The van der Waals surface area contributed by atoms with E-state index in [4.69, 9.17) is 5.26 Å². The van der Waals surface area contributed by atoms with Gasteiger partial charge < -0.3 is 0 Å². The summed E-state index contributed by atoms with van der Waals surface area (Å²) in [5.74, 6) is 0. The van der Waals surface area contributed by atoms with Gasteiger partial charge in [0.1, 0.15) is 0 Å². The lowest BCUT2D eigenvalue weighted by molar-refractivity contribution is 0.746. The molecule has 0 aliphatic rings. The highest BCUT2D eigenvalue weighted by molar-refractivity contribution is 5.49. The molecule has 0 spiro atoms. The van der Waals surface area contributed by atoms with Crippen molar-refractivity contribution in [3.05, 3.63) is 11.9 Å². The van der Waals surface area contributed by atoms with Crippen LogP contribution in [0.5, 0.6) is 0 Å². The monoisotopic (exact) mass is 150 g/mol. The van der Waals surface area contributed by atoms with E-state index in [1.807, 2.05) is 20.2 Å². The molecule has 0 unspecified atom stereocenters. The van der Waals surface area contributed by atoms with Crippen molar-refractivity contribution in [3.63, 3.8) is 0 Å². The predicted octanol–water partition coefficient (Wildman–Crippen LogP) is 0.875. The van der Waals surface area contributed by atoms with Crippen LogP contribution in [-0.2, 0) is 13.5 Å². The van der Waals surface area contributed by atoms with Gasteiger partial charge in [0, 0.05) is 13.2 Å². The van der Waals surface area contributed by atoms with Crippen LogP contribution < -0.4 is 5.32 Å². The first-order valence-electron chi connectivity index (χ1n) is 3.45. The van der Waals surface area contributed by atoms with E-state index >= 15 is 0 Å². The Hall–Kier alpha value is -1.50. The fraction of sp³-hybridized carbons (Fsp3) is 0.429. The average Bonchev–Trinajstić information content (AvgIpc) is 2.32. The maximum absolute atomic E-state index is 8.35. The molecule has 1 aromatic heterocycles. The number of aromatic nitrogens is 2. The lowest BCUT2D eigenvalue weighted by Gasteiger charge is -1.91. The van der Waals surface area contributed by atoms with Crippen LogP contribution in [0, 0.1) is 11.5 Å². The summed E-state index contributed by atoms with van der Waals surface area (Å²) in [6, 6.07) is 0. The molecular weight excluding hydrogens is 140 g/mol. The van der Waals surface area contributed by atoms with Gasteiger partial charge in [0.05, 0.1) is 11.4 Å². The molecule has 0 bridgehead atoms. The van der Waals surface area contributed by atoms with E-state index in [0.29, 0.717) is 0 Å². The van der Waals surface area contributed by atoms with Crippen molar-refractivity contribution < 1.29 is 0 Å². The number of nitrogens with one attached hydrogen (secondary N) is 1. The normalized spacial score (nSPS) is 9.18. The summed E-state index contributed by atoms with van der Waals surface area (Å²) in [5, 5.41) is 15.1. The van der Waals surface area contributed by atoms with Crippen molar-refractivity contribution >= 4 is 5.69 Å². The SMILES string of the molecule is CCc1nn(C)cc1NC#N. The van der Waals surface area contributed by atoms with Gasteiger partial charge >= 0.3 is 0 Å². The molecule has 0 amide bonds. The highest BCUT2D eigenvalue weighted by atomic mass is 15.3. The summed E-state index contributed by atoms with van der Waals surface area (Å²) in [6.07, 6.45) is 4.50. The number of aryl methyl sites for hydroxylation is 2. The van der Waals surface area contributed by atoms with E-state index in [9.17, 15) is 0 Å². The van der Waals surface area contributed by atoms with Crippen LogP contribution >= 0.6 is 0 Å². The minimum absolute atomic E-state index is 0.803. The average molecular weight is 150 g/mol. The molecule has 0 aliphatic carbocycles. The molecule has 0 fully saturated rings. The molecule has 1 aromatic rings. The first-order chi connectivity index (χ1) is 5.27. The Morgan fingerprint density at radius 2 is 2.55 bits per heavy atom. The number of rotatable bonds is 2. The Morgan fingerprint density at radius 3 is 3.09 bits per heavy atom. The first kappa shape index (κ1) is 7.61. The van der Waals surface area contributed by atoms with Crippen molar-refractivity contribution in [2.24, 2.45) is 7.05 Å². The summed E-state index contributed by atoms with van der Waals surface area (Å²) >= 11 is 0. The minimum atomic E-state index is 0.803. The molecule has 0 atom stereocenters. The predicted molar refractivity (Wildman–Crippen MR) is 41.8 cm³/mol. The summed E-state index contributed by atoms with van der Waals surface area (Å²) in [6.45, 7) is 2.00. The largest absolute Gasteiger partial charge is 0.289 e. The quantitative estimate of drug-likeness (QED) is 0.503. The van der Waals surface area contributed by atoms with Gasteiger partial charge in [0.15, 0.2) is 6.19 Å². The lowest BCUT2D eigenvalue weighted by atomic mass is 10.3. The molecule has 1 rings (SSSR count). The van der Waals surface area contributed by atoms with Gasteiger partial charge in [0.25, 0.3) is 0 Å². The topological polar surface area (TPSA) is 53.6 Å². The maximum Gasteiger partial charge on any atom is 0.181 e. The van der Waals surface area contributed by atoms with Gasteiger partial charge in [-0.25, -0.2) is 0 Å². The second-order valence-corrected chi connectivity index (χ2v) is 2.25. The van der Waals surface area contributed by atoms with Gasteiger partial charge in [-0.15, -0.1) is 0 Å². The number of hydrogen-bond donors (Lipinski definition) is 1. The van der Waals surface area contributed by atoms with Gasteiger partial charge in [0.2, 0.25) is 0 Å². The molecule has 11 heavy (non-hydrogen) atoms. The highest BCUT2D eigenvalue weighted by Crippen LogP contribution is 2.12. The fourth-order valence-corrected chi connectivity index (χ4v) is 0.960. The molecular formula is C7H10N4. The third-order valence-electron chi connectivity index (χ3n) is 1.43. The second-order valence-electron chi connectivity index (χ2n) is 2.25. The van der Waals surface area contributed by atoms with E-state index in [0.717, 1.165) is 17.8 Å². The van der Waals surface area contributed by atoms with Gasteiger partial charge in [-0.1, -0.05) is 6.92 Å². The Balaban J connectivity index is 2.94. The van der Waals surface area contributed by atoms with Crippen LogP contribution in [0.1, 0.15) is 12.6 Å². The standard InChI is InChI=1S/C7H10N4/c1-3-6-7(9-5-8)4-11(2)10-6/h4,9H,3H2,1-2H3. The third-order valence-corrected chi connectivity index (χ3v) is 1.43. The Bertz CT molecular complexity index is 281. The van der Waals surface area contributed by atoms with Crippen molar-refractivity contribution in [2.45, 2.75) is 13.3 Å². The zero-order valence-corrected chi connectivity index (χ0v) is 6.63. The Morgan fingerprint density at radius 1 is 1.82 bits per heavy atom. The minimum Gasteiger partial charge on any atom is -0.289 e. The fourth-order valence-electron chi connectivity index (χ4n) is 0.960. The third kappa shape index (κ3) is 1.49. The van der Waals surface area contributed by atoms with E-state index in [1.54, 1.807) is 10.9 Å². The first-order valence-corrected chi connectivity index (χ1v) is 3.45. The van der Waals surface area contributed by atoms with Gasteiger partial charge in [-0.2, -0.15) is 10.4 Å². The van der Waals surface area contributed by atoms with Gasteiger partial charge in [-0.3, -0.25) is 10.00 Å². The van der Waals surface area contributed by atoms with Crippen LogP contribution in [0.3, 0.4) is 0 Å². The summed E-state index contributed by atoms with van der Waals surface area (Å²) < 4.78 is 1.69. The zero-order chi connectivity index (χ0) is 8.27. The number of anilines is 1. The summed E-state index contributed by atoms with van der Waals surface area (Å²) in [4.78, 5) is 0. The zero-order valence-electron chi connectivity index (χ0n) is 6.63. The maximum atomic E-state index is 8.35. The van der Waals surface area contributed by atoms with Gasteiger partial charge in [-0.05, 0) is 6.42 Å². The van der Waals surface area contributed by atoms with E-state index < -0.39 is 0 Å². The Kier molecular flexibility index (Phi) is 2.12. The smallest absolute Gasteiger partial charge is 0.181 e. The Labute approximate surface area is 65.4 Å². The van der Waals surface area contributed by atoms with Crippen LogP contribution in [0.25, 0.3) is 0 Å². The molecule has 1 heterocycles. The molecule has 0 aliphatic heterocycles. The number of nitriles is 1. The van der Waals surface area contributed by atoms with Crippen LogP contribution in [0.15, 0.2) is 6.20 Å². The molecule has 0 radical (unpaired) electrons. The summed E-state index contributed by atoms with van der Waals surface area (Å²) in [7, 11) is 1.84. The summed E-state index contributed by atoms with van der Waals surface area (Å²) in [5.41, 5.74) is 1.73. The van der Waals surface area contributed by atoms with Crippen LogP contribution in [0.2, 0.25) is 0 Å². The molecule has 4 nitrogen and oxygen atoms in total. The number of nitrogens with zero attached hydrogens (tertiary/aromatic N) is 3. The van der Waals surface area contributed by atoms with E-state index in [1.165, 1.54) is 0 Å². The molecule has 0 saturated heterocycles. The molecule has 58 valence electrons. The number of hydrogen-bond acceptors (Lipinski definition) is 3. The van der Waals surface area contributed by atoms with E-state index in [2.05, 4.69) is 10.4 Å².